The van der Waals surface area contributed by atoms with Gasteiger partial charge in [-0.3, -0.25) is 0 Å². The van der Waals surface area contributed by atoms with Gasteiger partial charge in [-0.05, 0) is 69.7 Å². The SMILES string of the molecule is CCOC(=O)NCCCCNC1(C)C2CCC(C2)C1(C)C.Cl. The molecule has 2 N–H and O–H groups in total. The Kier molecular flexibility index (Phi) is 7.00. The smallest absolute Gasteiger partial charge is 0.407 e. The summed E-state index contributed by atoms with van der Waals surface area (Å²) in [6, 6.07) is 0. The van der Waals surface area contributed by atoms with Gasteiger partial charge in [0.05, 0.1) is 6.61 Å². The first-order chi connectivity index (χ1) is 9.91. The Hall–Kier alpha value is -0.480. The lowest BCUT2D eigenvalue weighted by atomic mass is 9.64. The number of carbonyl (C=O) groups is 1. The summed E-state index contributed by atoms with van der Waals surface area (Å²) in [5, 5.41) is 6.62. The molecule has 3 unspecified atom stereocenters. The fourth-order valence-electron chi connectivity index (χ4n) is 4.45. The van der Waals surface area contributed by atoms with Crippen molar-refractivity contribution in [3.8, 4) is 0 Å². The quantitative estimate of drug-likeness (QED) is 0.698. The van der Waals surface area contributed by atoms with E-state index in [0.717, 1.165) is 31.2 Å². The molecule has 0 spiro atoms. The van der Waals surface area contributed by atoms with Crippen LogP contribution in [0.25, 0.3) is 0 Å². The number of halogens is 1. The number of nitrogens with one attached hydrogen (secondary N) is 2. The van der Waals surface area contributed by atoms with Crippen LogP contribution in [0.2, 0.25) is 0 Å². The second-order valence-electron chi connectivity index (χ2n) is 7.41. The van der Waals surface area contributed by atoms with Crippen LogP contribution < -0.4 is 10.6 Å². The van der Waals surface area contributed by atoms with Gasteiger partial charge in [-0.1, -0.05) is 13.8 Å². The minimum atomic E-state index is -0.299. The van der Waals surface area contributed by atoms with Gasteiger partial charge in [-0.2, -0.15) is 0 Å². The van der Waals surface area contributed by atoms with Crippen molar-refractivity contribution in [2.24, 2.45) is 17.3 Å². The van der Waals surface area contributed by atoms with E-state index in [2.05, 4.69) is 31.4 Å². The number of alkyl carbamates (subject to hydrolysis) is 1. The highest BCUT2D eigenvalue weighted by Crippen LogP contribution is 2.61. The predicted molar refractivity (Wildman–Crippen MR) is 92.5 cm³/mol. The number of carbonyl (C=O) groups excluding carboxylic acids is 1. The molecule has 0 aromatic heterocycles. The lowest BCUT2D eigenvalue weighted by Crippen LogP contribution is -2.57. The number of ether oxygens (including phenoxy) is 1. The van der Waals surface area contributed by atoms with Gasteiger partial charge in [-0.15, -0.1) is 12.4 Å². The van der Waals surface area contributed by atoms with Crippen molar-refractivity contribution >= 4 is 18.5 Å². The zero-order chi connectivity index (χ0) is 15.5. The van der Waals surface area contributed by atoms with Crippen molar-refractivity contribution in [2.75, 3.05) is 19.7 Å². The van der Waals surface area contributed by atoms with Crippen LogP contribution in [-0.4, -0.2) is 31.3 Å². The average Bonchev–Trinajstić information content (AvgIpc) is 2.98. The molecule has 3 atom stereocenters. The molecule has 0 aromatic rings. The van der Waals surface area contributed by atoms with Crippen molar-refractivity contribution in [1.29, 1.82) is 0 Å². The van der Waals surface area contributed by atoms with Crippen molar-refractivity contribution in [2.45, 2.75) is 65.3 Å². The number of rotatable bonds is 7. The summed E-state index contributed by atoms with van der Waals surface area (Å²) in [4.78, 5) is 11.2. The summed E-state index contributed by atoms with van der Waals surface area (Å²) < 4.78 is 4.84. The molecule has 5 heteroatoms. The van der Waals surface area contributed by atoms with Crippen LogP contribution in [0.4, 0.5) is 4.79 Å². The molecule has 2 aliphatic rings. The Morgan fingerprint density at radius 1 is 1.14 bits per heavy atom. The van der Waals surface area contributed by atoms with E-state index < -0.39 is 0 Å². The first-order valence-electron chi connectivity index (χ1n) is 8.57. The van der Waals surface area contributed by atoms with Gasteiger partial charge in [0.1, 0.15) is 0 Å². The van der Waals surface area contributed by atoms with Crippen molar-refractivity contribution in [3.05, 3.63) is 0 Å². The van der Waals surface area contributed by atoms with Crippen LogP contribution in [0.15, 0.2) is 0 Å². The van der Waals surface area contributed by atoms with E-state index in [9.17, 15) is 4.79 Å². The van der Waals surface area contributed by atoms with Crippen LogP contribution in [0, 0.1) is 17.3 Å². The second-order valence-corrected chi connectivity index (χ2v) is 7.41. The molecule has 2 saturated carbocycles. The third kappa shape index (κ3) is 3.70. The van der Waals surface area contributed by atoms with Crippen LogP contribution in [-0.2, 0) is 4.74 Å². The van der Waals surface area contributed by atoms with E-state index in [1.54, 1.807) is 0 Å². The Balaban J connectivity index is 0.00000242. The highest BCUT2D eigenvalue weighted by Gasteiger charge is 2.59. The van der Waals surface area contributed by atoms with Gasteiger partial charge in [0.2, 0.25) is 0 Å². The van der Waals surface area contributed by atoms with Gasteiger partial charge in [0.15, 0.2) is 0 Å². The molecule has 4 nitrogen and oxygen atoms in total. The molecule has 22 heavy (non-hydrogen) atoms. The Morgan fingerprint density at radius 3 is 2.36 bits per heavy atom. The zero-order valence-electron chi connectivity index (χ0n) is 14.5. The summed E-state index contributed by atoms with van der Waals surface area (Å²) >= 11 is 0. The minimum Gasteiger partial charge on any atom is -0.450 e. The summed E-state index contributed by atoms with van der Waals surface area (Å²) in [7, 11) is 0. The normalized spacial score (nSPS) is 31.6. The summed E-state index contributed by atoms with van der Waals surface area (Å²) in [5.41, 5.74) is 0.684. The lowest BCUT2D eigenvalue weighted by molar-refractivity contribution is 0.0659. The van der Waals surface area contributed by atoms with Crippen LogP contribution >= 0.6 is 12.4 Å². The largest absolute Gasteiger partial charge is 0.450 e. The standard InChI is InChI=1S/C17H32N2O2.ClH/c1-5-21-15(20)18-10-6-7-11-19-17(4)14-9-8-13(12-14)16(17,2)3;/h13-14,19H,5-12H2,1-4H3,(H,18,20);1H. The molecular weight excluding hydrogens is 300 g/mol. The molecular formula is C17H33ClN2O2. The maximum Gasteiger partial charge on any atom is 0.407 e. The maximum atomic E-state index is 11.2. The molecule has 2 fully saturated rings. The van der Waals surface area contributed by atoms with Crippen molar-refractivity contribution < 1.29 is 9.53 Å². The van der Waals surface area contributed by atoms with Gasteiger partial charge < -0.3 is 15.4 Å². The van der Waals surface area contributed by atoms with E-state index in [1.165, 1.54) is 19.3 Å². The van der Waals surface area contributed by atoms with E-state index in [-0.39, 0.29) is 24.0 Å². The highest BCUT2D eigenvalue weighted by atomic mass is 35.5. The zero-order valence-corrected chi connectivity index (χ0v) is 15.4. The van der Waals surface area contributed by atoms with Gasteiger partial charge >= 0.3 is 6.09 Å². The minimum absolute atomic E-state index is 0. The van der Waals surface area contributed by atoms with E-state index in [0.29, 0.717) is 18.6 Å². The maximum absolute atomic E-state index is 11.2. The van der Waals surface area contributed by atoms with Gasteiger partial charge in [0.25, 0.3) is 0 Å². The van der Waals surface area contributed by atoms with E-state index >= 15 is 0 Å². The van der Waals surface area contributed by atoms with Crippen LogP contribution in [0.3, 0.4) is 0 Å². The number of unbranched alkanes of at least 4 members (excludes halogenated alkanes) is 1. The number of hydrogen-bond donors (Lipinski definition) is 2. The molecule has 130 valence electrons. The third-order valence-corrected chi connectivity index (χ3v) is 6.25. The van der Waals surface area contributed by atoms with E-state index in [1.807, 2.05) is 6.92 Å². The summed E-state index contributed by atoms with van der Waals surface area (Å²) in [5.74, 6) is 1.74. The summed E-state index contributed by atoms with van der Waals surface area (Å²) in [6.07, 6.45) is 6.00. The first kappa shape index (κ1) is 19.6. The molecule has 0 aromatic carbocycles. The second kappa shape index (κ2) is 7.87. The molecule has 2 bridgehead atoms. The molecule has 0 saturated heterocycles. The fraction of sp³-hybridized carbons (Fsp3) is 0.941. The number of hydrogen-bond acceptors (Lipinski definition) is 3. The topological polar surface area (TPSA) is 50.4 Å². The van der Waals surface area contributed by atoms with Crippen LogP contribution in [0.5, 0.6) is 0 Å². The Labute approximate surface area is 141 Å². The van der Waals surface area contributed by atoms with E-state index in [4.69, 9.17) is 4.74 Å². The number of amides is 1. The molecule has 2 aliphatic carbocycles. The van der Waals surface area contributed by atoms with Crippen LogP contribution in [0.1, 0.15) is 59.8 Å². The first-order valence-corrected chi connectivity index (χ1v) is 8.57. The van der Waals surface area contributed by atoms with Crippen molar-refractivity contribution in [3.63, 3.8) is 0 Å². The highest BCUT2D eigenvalue weighted by molar-refractivity contribution is 5.85. The Morgan fingerprint density at radius 2 is 1.77 bits per heavy atom. The third-order valence-electron chi connectivity index (χ3n) is 6.25. The van der Waals surface area contributed by atoms with Gasteiger partial charge in [0, 0.05) is 12.1 Å². The fourth-order valence-corrected chi connectivity index (χ4v) is 4.45. The molecule has 0 radical (unpaired) electrons. The Bertz CT molecular complexity index is 376. The summed E-state index contributed by atoms with van der Waals surface area (Å²) in [6.45, 7) is 11.3. The molecule has 2 rings (SSSR count). The predicted octanol–water partition coefficient (Wildman–Crippen LogP) is 3.74. The monoisotopic (exact) mass is 332 g/mol. The molecule has 1 amide bonds. The average molecular weight is 333 g/mol. The number of fused-ring (bicyclic) bond motifs is 2. The lowest BCUT2D eigenvalue weighted by Gasteiger charge is -2.48. The molecule has 0 aliphatic heterocycles. The van der Waals surface area contributed by atoms with Gasteiger partial charge in [-0.25, -0.2) is 4.79 Å². The van der Waals surface area contributed by atoms with Crippen molar-refractivity contribution in [1.82, 2.24) is 10.6 Å². The molecule has 0 heterocycles.